The maximum atomic E-state index is 13.5. The number of carbonyl (C=O) groups is 2. The monoisotopic (exact) mass is 696 g/mol. The molecule has 8 heteroatoms. The number of benzene rings is 3. The van der Waals surface area contributed by atoms with Crippen molar-refractivity contribution in [2.24, 2.45) is 5.92 Å². The van der Waals surface area contributed by atoms with Crippen LogP contribution in [-0.4, -0.2) is 30.8 Å². The van der Waals surface area contributed by atoms with Crippen LogP contribution in [0.3, 0.4) is 0 Å². The Morgan fingerprint density at radius 3 is 1.94 bits per heavy atom. The van der Waals surface area contributed by atoms with Crippen molar-refractivity contribution in [3.8, 4) is 11.5 Å². The van der Waals surface area contributed by atoms with E-state index in [0.717, 1.165) is 57.3 Å². The van der Waals surface area contributed by atoms with Gasteiger partial charge >= 0.3 is 18.1 Å². The normalized spacial score (nSPS) is 17.0. The number of halogens is 3. The minimum atomic E-state index is -4.62. The zero-order valence-electron chi connectivity index (χ0n) is 29.9. The second-order valence-electron chi connectivity index (χ2n) is 13.9. The number of unbranched alkanes of at least 4 members (excludes halogenated alkanes) is 10. The van der Waals surface area contributed by atoms with Crippen molar-refractivity contribution >= 4 is 22.7 Å². The Balaban J connectivity index is 1.20. The molecule has 0 spiro atoms. The third-order valence-corrected chi connectivity index (χ3v) is 9.88. The van der Waals surface area contributed by atoms with Crippen LogP contribution in [0.2, 0.25) is 0 Å². The number of fused-ring (bicyclic) bond motifs is 1. The lowest BCUT2D eigenvalue weighted by molar-refractivity contribution is -0.206. The van der Waals surface area contributed by atoms with E-state index in [0.29, 0.717) is 35.3 Å². The third-order valence-electron chi connectivity index (χ3n) is 9.88. The van der Waals surface area contributed by atoms with Gasteiger partial charge in [-0.25, -0.2) is 4.79 Å². The minimum Gasteiger partial charge on any atom is -0.494 e. The van der Waals surface area contributed by atoms with Crippen LogP contribution in [0.1, 0.15) is 145 Å². The summed E-state index contributed by atoms with van der Waals surface area (Å²) in [4.78, 5) is 25.7. The number of ether oxygens (including phenoxy) is 3. The van der Waals surface area contributed by atoms with Gasteiger partial charge in [0.25, 0.3) is 0 Å². The topological polar surface area (TPSA) is 61.8 Å². The van der Waals surface area contributed by atoms with Crippen molar-refractivity contribution in [3.63, 3.8) is 0 Å². The van der Waals surface area contributed by atoms with Gasteiger partial charge in [-0.3, -0.25) is 4.79 Å². The van der Waals surface area contributed by atoms with E-state index in [1.807, 2.05) is 6.92 Å². The highest BCUT2D eigenvalue weighted by Gasteiger charge is 2.42. The number of alkyl halides is 3. The molecule has 5 nitrogen and oxygen atoms in total. The highest BCUT2D eigenvalue weighted by Crippen LogP contribution is 2.37. The Hall–Kier alpha value is -3.55. The van der Waals surface area contributed by atoms with Gasteiger partial charge in [-0.05, 0) is 104 Å². The predicted octanol–water partition coefficient (Wildman–Crippen LogP) is 12.3. The molecule has 0 amide bonds. The average Bonchev–Trinajstić information content (AvgIpc) is 3.11. The van der Waals surface area contributed by atoms with Gasteiger partial charge in [-0.15, -0.1) is 0 Å². The largest absolute Gasteiger partial charge is 0.494 e. The number of esters is 2. The summed E-state index contributed by atoms with van der Waals surface area (Å²) in [5.74, 6) is 0.251. The molecule has 0 aromatic heterocycles. The van der Waals surface area contributed by atoms with Crippen LogP contribution in [0.15, 0.2) is 60.7 Å². The molecule has 1 aliphatic carbocycles. The lowest BCUT2D eigenvalue weighted by atomic mass is 9.79. The Morgan fingerprint density at radius 1 is 0.700 bits per heavy atom. The molecule has 0 heterocycles. The summed E-state index contributed by atoms with van der Waals surface area (Å²) in [7, 11) is 0. The molecule has 0 saturated heterocycles. The molecule has 3 aromatic rings. The molecule has 50 heavy (non-hydrogen) atoms. The molecule has 4 rings (SSSR count). The van der Waals surface area contributed by atoms with Gasteiger partial charge in [0.15, 0.2) is 6.10 Å². The molecule has 0 N–H and O–H groups in total. The highest BCUT2D eigenvalue weighted by molar-refractivity contribution is 5.96. The van der Waals surface area contributed by atoms with Crippen LogP contribution >= 0.6 is 0 Å². The average molecular weight is 697 g/mol. The van der Waals surface area contributed by atoms with Crippen LogP contribution in [-0.2, 0) is 9.53 Å². The van der Waals surface area contributed by atoms with Gasteiger partial charge < -0.3 is 14.2 Å². The van der Waals surface area contributed by atoms with Crippen LogP contribution in [0, 0.1) is 5.92 Å². The first kappa shape index (κ1) is 39.2. The fourth-order valence-electron chi connectivity index (χ4n) is 6.78. The van der Waals surface area contributed by atoms with Crippen LogP contribution in [0.5, 0.6) is 11.5 Å². The second kappa shape index (κ2) is 20.3. The third kappa shape index (κ3) is 12.6. The van der Waals surface area contributed by atoms with E-state index in [-0.39, 0.29) is 23.9 Å². The smallest absolute Gasteiger partial charge is 0.425 e. The van der Waals surface area contributed by atoms with Crippen molar-refractivity contribution in [1.82, 2.24) is 0 Å². The molecule has 274 valence electrons. The summed E-state index contributed by atoms with van der Waals surface area (Å²) >= 11 is 0. The zero-order chi connectivity index (χ0) is 35.8. The highest BCUT2D eigenvalue weighted by atomic mass is 19.4. The first-order chi connectivity index (χ1) is 24.2. The van der Waals surface area contributed by atoms with E-state index in [1.165, 1.54) is 62.6 Å². The van der Waals surface area contributed by atoms with Crippen molar-refractivity contribution in [3.05, 3.63) is 71.8 Å². The quantitative estimate of drug-likeness (QED) is 0.0668. The number of rotatable bonds is 20. The van der Waals surface area contributed by atoms with Crippen LogP contribution in [0.25, 0.3) is 10.8 Å². The van der Waals surface area contributed by atoms with E-state index < -0.39 is 18.2 Å². The summed E-state index contributed by atoms with van der Waals surface area (Å²) < 4.78 is 57.2. The Labute approximate surface area is 296 Å². The minimum absolute atomic E-state index is 0.0442. The number of carbonyl (C=O) groups excluding carboxylic acids is 2. The summed E-state index contributed by atoms with van der Waals surface area (Å²) in [5.41, 5.74) is 1.32. The zero-order valence-corrected chi connectivity index (χ0v) is 29.9. The van der Waals surface area contributed by atoms with Gasteiger partial charge in [0, 0.05) is 0 Å². The molecule has 0 bridgehead atoms. The van der Waals surface area contributed by atoms with Crippen molar-refractivity contribution in [2.75, 3.05) is 6.61 Å². The van der Waals surface area contributed by atoms with E-state index in [9.17, 15) is 22.8 Å². The fourth-order valence-corrected chi connectivity index (χ4v) is 6.78. The SMILES string of the molecule is CCCCCCCCCCOc1ccc([C@H]2CC[C@H](C(=O)Oc3ccc4cc(C(=O)O[C@H](CCCCCC)C(F)(F)F)ccc4c3)CC2)cc1. The van der Waals surface area contributed by atoms with Crippen molar-refractivity contribution < 1.29 is 37.0 Å². The molecule has 1 atom stereocenters. The molecule has 0 unspecified atom stereocenters. The van der Waals surface area contributed by atoms with E-state index in [2.05, 4.69) is 31.2 Å². The van der Waals surface area contributed by atoms with Gasteiger partial charge in [0.05, 0.1) is 18.1 Å². The Morgan fingerprint density at radius 2 is 1.28 bits per heavy atom. The molecule has 3 aromatic carbocycles. The van der Waals surface area contributed by atoms with Gasteiger partial charge in [0.1, 0.15) is 11.5 Å². The molecule has 1 aliphatic rings. The van der Waals surface area contributed by atoms with E-state index in [4.69, 9.17) is 14.2 Å². The molecule has 1 fully saturated rings. The molecular weight excluding hydrogens is 641 g/mol. The fraction of sp³-hybridized carbons (Fsp3) is 0.571. The second-order valence-corrected chi connectivity index (χ2v) is 13.9. The van der Waals surface area contributed by atoms with Gasteiger partial charge in [-0.1, -0.05) is 102 Å². The first-order valence-corrected chi connectivity index (χ1v) is 18.9. The molecule has 0 aliphatic heterocycles. The first-order valence-electron chi connectivity index (χ1n) is 18.9. The maximum absolute atomic E-state index is 13.5. The summed E-state index contributed by atoms with van der Waals surface area (Å²) in [6.45, 7) is 4.98. The van der Waals surface area contributed by atoms with Crippen molar-refractivity contribution in [1.29, 1.82) is 0 Å². The molecular formula is C42H55F3O5. The van der Waals surface area contributed by atoms with Crippen LogP contribution < -0.4 is 9.47 Å². The lowest BCUT2D eigenvalue weighted by Crippen LogP contribution is -2.33. The molecule has 0 radical (unpaired) electrons. The summed E-state index contributed by atoms with van der Waals surface area (Å²) in [6.07, 6.45) is 9.27. The molecule has 1 saturated carbocycles. The standard InChI is InChI=1S/C42H55F3O5/c1-3-5-7-9-10-11-12-14-28-48-37-25-22-32(23-26-37)31-16-18-33(19-17-31)40(46)49-38-27-24-34-29-36(21-20-35(34)30-38)41(47)50-39(42(43,44)45)15-13-8-6-4-2/h20-27,29-31,33,39H,3-19,28H2,1-2H3/t31-,33-,39-/m1/s1. The predicted molar refractivity (Wildman–Crippen MR) is 193 cm³/mol. The maximum Gasteiger partial charge on any atom is 0.425 e. The van der Waals surface area contributed by atoms with Gasteiger partial charge in [-0.2, -0.15) is 13.2 Å². The summed E-state index contributed by atoms with van der Waals surface area (Å²) in [5, 5.41) is 1.34. The van der Waals surface area contributed by atoms with Gasteiger partial charge in [0.2, 0.25) is 0 Å². The lowest BCUT2D eigenvalue weighted by Gasteiger charge is -2.27. The van der Waals surface area contributed by atoms with E-state index in [1.54, 1.807) is 24.3 Å². The van der Waals surface area contributed by atoms with Crippen LogP contribution in [0.4, 0.5) is 13.2 Å². The number of hydrogen-bond acceptors (Lipinski definition) is 5. The number of hydrogen-bond donors (Lipinski definition) is 0. The van der Waals surface area contributed by atoms with E-state index >= 15 is 0 Å². The van der Waals surface area contributed by atoms with Crippen molar-refractivity contribution in [2.45, 2.75) is 141 Å². The Kier molecular flexibility index (Phi) is 16.0. The Bertz CT molecular complexity index is 1460. The summed E-state index contributed by atoms with van der Waals surface area (Å²) in [6, 6.07) is 18.0.